The van der Waals surface area contributed by atoms with Crippen LogP contribution in [0.25, 0.3) is 0 Å². The molecule has 0 bridgehead atoms. The molecule has 142 valence electrons. The first-order chi connectivity index (χ1) is 12.1. The number of halogens is 1. The average Bonchev–Trinajstić information content (AvgIpc) is 2.97. The highest BCUT2D eigenvalue weighted by Gasteiger charge is 2.27. The van der Waals surface area contributed by atoms with Gasteiger partial charge in [-0.05, 0) is 37.8 Å². The predicted molar refractivity (Wildman–Crippen MR) is 105 cm³/mol. The zero-order valence-electron chi connectivity index (χ0n) is 15.7. The summed E-state index contributed by atoms with van der Waals surface area (Å²) in [7, 11) is 0. The Kier molecular flexibility index (Phi) is 7.23. The van der Waals surface area contributed by atoms with Crippen molar-refractivity contribution < 1.29 is 9.32 Å². The lowest BCUT2D eigenvalue weighted by atomic mass is 10.00. The Bertz CT molecular complexity index is 708. The first kappa shape index (κ1) is 20.5. The molecule has 3 rings (SSSR count). The smallest absolute Gasteiger partial charge is 0.223 e. The highest BCUT2D eigenvalue weighted by molar-refractivity contribution is 5.85. The van der Waals surface area contributed by atoms with Gasteiger partial charge in [-0.25, -0.2) is 0 Å². The molecule has 2 heterocycles. The summed E-state index contributed by atoms with van der Waals surface area (Å²) in [6.07, 6.45) is 2.21. The van der Waals surface area contributed by atoms with Crippen LogP contribution < -0.4 is 5.32 Å². The van der Waals surface area contributed by atoms with Gasteiger partial charge in [0.15, 0.2) is 0 Å². The molecule has 0 saturated carbocycles. The van der Waals surface area contributed by atoms with Crippen molar-refractivity contribution in [3.63, 3.8) is 0 Å². The minimum Gasteiger partial charge on any atom is -0.361 e. The molecule has 0 radical (unpaired) electrons. The third-order valence-electron chi connectivity index (χ3n) is 5.11. The van der Waals surface area contributed by atoms with Crippen molar-refractivity contribution in [1.82, 2.24) is 15.4 Å². The number of nitrogens with one attached hydrogen (secondary N) is 1. The van der Waals surface area contributed by atoms with Gasteiger partial charge in [0.2, 0.25) is 5.91 Å². The molecule has 5 nitrogen and oxygen atoms in total. The van der Waals surface area contributed by atoms with E-state index in [9.17, 15) is 4.79 Å². The van der Waals surface area contributed by atoms with E-state index < -0.39 is 0 Å². The summed E-state index contributed by atoms with van der Waals surface area (Å²) in [5.41, 5.74) is 4.48. The van der Waals surface area contributed by atoms with Crippen LogP contribution in [0.5, 0.6) is 0 Å². The minimum absolute atomic E-state index is 0. The fourth-order valence-corrected chi connectivity index (χ4v) is 3.51. The largest absolute Gasteiger partial charge is 0.361 e. The average molecular weight is 378 g/mol. The van der Waals surface area contributed by atoms with Crippen LogP contribution in [-0.4, -0.2) is 35.6 Å². The van der Waals surface area contributed by atoms with Crippen molar-refractivity contribution in [2.24, 2.45) is 0 Å². The van der Waals surface area contributed by atoms with E-state index in [0.29, 0.717) is 12.8 Å². The van der Waals surface area contributed by atoms with Gasteiger partial charge in [-0.15, -0.1) is 12.4 Å². The zero-order chi connectivity index (χ0) is 17.8. The molecule has 1 aliphatic heterocycles. The lowest BCUT2D eigenvalue weighted by Crippen LogP contribution is -2.48. The number of amides is 1. The summed E-state index contributed by atoms with van der Waals surface area (Å²) in [6, 6.07) is 8.75. The third-order valence-corrected chi connectivity index (χ3v) is 5.11. The van der Waals surface area contributed by atoms with Crippen molar-refractivity contribution in [3.8, 4) is 0 Å². The Hall–Kier alpha value is -1.85. The summed E-state index contributed by atoms with van der Waals surface area (Å²) >= 11 is 0. The van der Waals surface area contributed by atoms with Gasteiger partial charge in [0.05, 0.1) is 11.7 Å². The second kappa shape index (κ2) is 9.19. The van der Waals surface area contributed by atoms with Crippen molar-refractivity contribution in [1.29, 1.82) is 0 Å². The van der Waals surface area contributed by atoms with Crippen molar-refractivity contribution in [2.45, 2.75) is 46.1 Å². The molecule has 26 heavy (non-hydrogen) atoms. The molecule has 1 fully saturated rings. The highest BCUT2D eigenvalue weighted by Crippen LogP contribution is 2.24. The number of piperazine rings is 1. The number of rotatable bonds is 5. The maximum Gasteiger partial charge on any atom is 0.223 e. The summed E-state index contributed by atoms with van der Waals surface area (Å²) in [4.78, 5) is 14.9. The molecule has 1 aromatic carbocycles. The molecule has 6 heteroatoms. The molecule has 0 aliphatic carbocycles. The number of carbonyl (C=O) groups is 1. The molecule has 2 aromatic rings. The monoisotopic (exact) mass is 377 g/mol. The first-order valence-electron chi connectivity index (χ1n) is 9.11. The maximum atomic E-state index is 12.9. The van der Waals surface area contributed by atoms with E-state index in [-0.39, 0.29) is 24.4 Å². The van der Waals surface area contributed by atoms with Gasteiger partial charge in [0, 0.05) is 31.6 Å². The van der Waals surface area contributed by atoms with Gasteiger partial charge >= 0.3 is 0 Å². The SMILES string of the molecule is CCc1ccc(C2CNCCN2C(=O)CCc2c(C)noc2C)cc1.Cl. The Morgan fingerprint density at radius 3 is 2.65 bits per heavy atom. The minimum atomic E-state index is 0. The van der Waals surface area contributed by atoms with Crippen LogP contribution in [0.1, 0.15) is 47.5 Å². The molecule has 0 spiro atoms. The Balaban J connectivity index is 0.00000243. The Morgan fingerprint density at radius 2 is 2.04 bits per heavy atom. The second-order valence-corrected chi connectivity index (χ2v) is 6.70. The van der Waals surface area contributed by atoms with E-state index in [0.717, 1.165) is 43.1 Å². The van der Waals surface area contributed by atoms with E-state index in [4.69, 9.17) is 4.52 Å². The number of benzene rings is 1. The van der Waals surface area contributed by atoms with Gasteiger partial charge < -0.3 is 14.7 Å². The molecular formula is C20H28ClN3O2. The van der Waals surface area contributed by atoms with Crippen LogP contribution in [0.2, 0.25) is 0 Å². The Labute approximate surface area is 161 Å². The molecule has 1 unspecified atom stereocenters. The standard InChI is InChI=1S/C20H27N3O2.ClH/c1-4-16-5-7-17(8-6-16)19-13-21-11-12-23(19)20(24)10-9-18-14(2)22-25-15(18)3;/h5-8,19,21H,4,9-13H2,1-3H3;1H. The van der Waals surface area contributed by atoms with Crippen LogP contribution in [0.3, 0.4) is 0 Å². The fraction of sp³-hybridized carbons (Fsp3) is 0.500. The highest BCUT2D eigenvalue weighted by atomic mass is 35.5. The summed E-state index contributed by atoms with van der Waals surface area (Å²) < 4.78 is 5.20. The van der Waals surface area contributed by atoms with Crippen LogP contribution >= 0.6 is 12.4 Å². The lowest BCUT2D eigenvalue weighted by Gasteiger charge is -2.36. The Morgan fingerprint density at radius 1 is 1.31 bits per heavy atom. The summed E-state index contributed by atoms with van der Waals surface area (Å²) in [5.74, 6) is 1.02. The molecule has 1 aromatic heterocycles. The molecule has 1 aliphatic rings. The third kappa shape index (κ3) is 4.46. The number of aryl methyl sites for hydroxylation is 3. The predicted octanol–water partition coefficient (Wildman–Crippen LogP) is 3.38. The van der Waals surface area contributed by atoms with Gasteiger partial charge in [-0.2, -0.15) is 0 Å². The van der Waals surface area contributed by atoms with E-state index >= 15 is 0 Å². The summed E-state index contributed by atoms with van der Waals surface area (Å²) in [6.45, 7) is 8.40. The fourth-order valence-electron chi connectivity index (χ4n) is 3.51. The topological polar surface area (TPSA) is 58.4 Å². The summed E-state index contributed by atoms with van der Waals surface area (Å²) in [5, 5.41) is 7.39. The van der Waals surface area contributed by atoms with E-state index in [1.54, 1.807) is 0 Å². The molecule has 1 amide bonds. The molecule has 1 atom stereocenters. The van der Waals surface area contributed by atoms with Gasteiger partial charge in [-0.1, -0.05) is 36.3 Å². The van der Waals surface area contributed by atoms with Crippen molar-refractivity contribution in [2.75, 3.05) is 19.6 Å². The van der Waals surface area contributed by atoms with Crippen molar-refractivity contribution >= 4 is 18.3 Å². The molecule has 1 saturated heterocycles. The first-order valence-corrected chi connectivity index (χ1v) is 9.11. The number of aromatic nitrogens is 1. The van der Waals surface area contributed by atoms with Crippen molar-refractivity contribution in [3.05, 3.63) is 52.4 Å². The van der Waals surface area contributed by atoms with Gasteiger partial charge in [-0.3, -0.25) is 4.79 Å². The quantitative estimate of drug-likeness (QED) is 0.867. The van der Waals surface area contributed by atoms with E-state index in [2.05, 4.69) is 41.7 Å². The van der Waals surface area contributed by atoms with Crippen LogP contribution in [0.4, 0.5) is 0 Å². The van der Waals surface area contributed by atoms with Gasteiger partial charge in [0.1, 0.15) is 5.76 Å². The second-order valence-electron chi connectivity index (χ2n) is 6.70. The number of carbonyl (C=O) groups excluding carboxylic acids is 1. The van der Waals surface area contributed by atoms with Crippen LogP contribution in [0.15, 0.2) is 28.8 Å². The number of hydrogen-bond acceptors (Lipinski definition) is 4. The number of hydrogen-bond donors (Lipinski definition) is 1. The maximum absolute atomic E-state index is 12.9. The van der Waals surface area contributed by atoms with E-state index in [1.807, 2.05) is 18.7 Å². The zero-order valence-corrected chi connectivity index (χ0v) is 16.6. The number of nitrogens with zero attached hydrogens (tertiary/aromatic N) is 2. The molecular weight excluding hydrogens is 350 g/mol. The normalized spacial score (nSPS) is 17.0. The van der Waals surface area contributed by atoms with Crippen LogP contribution in [-0.2, 0) is 17.6 Å². The lowest BCUT2D eigenvalue weighted by molar-refractivity contribution is -0.134. The van der Waals surface area contributed by atoms with Gasteiger partial charge in [0.25, 0.3) is 0 Å². The molecule has 1 N–H and O–H groups in total. The van der Waals surface area contributed by atoms with E-state index in [1.165, 1.54) is 11.1 Å². The van der Waals surface area contributed by atoms with Crippen LogP contribution in [0, 0.1) is 13.8 Å².